The molecule has 2 heterocycles. The Balaban J connectivity index is 1.90. The van der Waals surface area contributed by atoms with Crippen LogP contribution in [0.5, 0.6) is 0 Å². The van der Waals surface area contributed by atoms with Crippen molar-refractivity contribution in [2.45, 2.75) is 19.4 Å². The van der Waals surface area contributed by atoms with Crippen LogP contribution in [0.3, 0.4) is 0 Å². The molecule has 1 aliphatic heterocycles. The molecule has 0 unspecified atom stereocenters. The molecule has 0 radical (unpaired) electrons. The summed E-state index contributed by atoms with van der Waals surface area (Å²) in [5, 5.41) is 15.2. The molecule has 1 aromatic heterocycles. The quantitative estimate of drug-likeness (QED) is 0.806. The van der Waals surface area contributed by atoms with Gasteiger partial charge in [0.05, 0.1) is 11.9 Å². The van der Waals surface area contributed by atoms with Crippen LogP contribution in [-0.2, 0) is 20.9 Å². The van der Waals surface area contributed by atoms with Gasteiger partial charge in [-0.2, -0.15) is 5.10 Å². The molecule has 0 aromatic carbocycles. The van der Waals surface area contributed by atoms with Gasteiger partial charge in [0, 0.05) is 25.3 Å². The first kappa shape index (κ1) is 12.6. The van der Waals surface area contributed by atoms with Crippen molar-refractivity contribution in [1.29, 1.82) is 0 Å². The fourth-order valence-corrected chi connectivity index (χ4v) is 1.86. The third kappa shape index (κ3) is 3.30. The predicted octanol–water partition coefficient (Wildman–Crippen LogP) is 0.333. The Kier molecular flexibility index (Phi) is 3.93. The van der Waals surface area contributed by atoms with E-state index in [0.717, 1.165) is 12.8 Å². The van der Waals surface area contributed by atoms with Crippen LogP contribution in [0.1, 0.15) is 12.8 Å². The average Bonchev–Trinajstić information content (AvgIpc) is 2.76. The van der Waals surface area contributed by atoms with Crippen molar-refractivity contribution in [2.75, 3.05) is 18.5 Å². The highest BCUT2D eigenvalue weighted by molar-refractivity contribution is 5.92. The van der Waals surface area contributed by atoms with E-state index in [1.165, 1.54) is 17.1 Å². The topological polar surface area (TPSA) is 93.5 Å². The van der Waals surface area contributed by atoms with Crippen molar-refractivity contribution in [3.63, 3.8) is 0 Å². The van der Waals surface area contributed by atoms with E-state index in [9.17, 15) is 9.59 Å². The van der Waals surface area contributed by atoms with Gasteiger partial charge in [-0.05, 0) is 12.8 Å². The van der Waals surface area contributed by atoms with Gasteiger partial charge in [-0.1, -0.05) is 0 Å². The van der Waals surface area contributed by atoms with Crippen molar-refractivity contribution in [3.8, 4) is 0 Å². The Hall–Kier alpha value is -1.89. The average molecular weight is 253 g/mol. The molecule has 1 aromatic rings. The molecule has 0 saturated carbocycles. The molecule has 0 aliphatic carbocycles. The maximum absolute atomic E-state index is 11.9. The zero-order valence-corrected chi connectivity index (χ0v) is 9.83. The highest BCUT2D eigenvalue weighted by Gasteiger charge is 2.21. The second-order valence-electron chi connectivity index (χ2n) is 4.20. The number of aliphatic carboxylic acids is 1. The number of hydrogen-bond donors (Lipinski definition) is 2. The van der Waals surface area contributed by atoms with Gasteiger partial charge in [-0.3, -0.25) is 14.3 Å². The molecule has 0 spiro atoms. The van der Waals surface area contributed by atoms with Gasteiger partial charge < -0.3 is 15.2 Å². The third-order valence-corrected chi connectivity index (χ3v) is 2.79. The van der Waals surface area contributed by atoms with E-state index in [4.69, 9.17) is 9.84 Å². The minimum atomic E-state index is -0.972. The van der Waals surface area contributed by atoms with Crippen LogP contribution in [0.2, 0.25) is 0 Å². The molecule has 2 N–H and O–H groups in total. The number of carboxylic acid groups (broad SMARTS) is 1. The lowest BCUT2D eigenvalue weighted by Gasteiger charge is -2.20. The van der Waals surface area contributed by atoms with Crippen LogP contribution >= 0.6 is 0 Å². The zero-order valence-electron chi connectivity index (χ0n) is 9.83. The minimum absolute atomic E-state index is 0.0402. The van der Waals surface area contributed by atoms with Crippen LogP contribution in [0.4, 0.5) is 5.69 Å². The van der Waals surface area contributed by atoms with Crippen LogP contribution < -0.4 is 5.32 Å². The monoisotopic (exact) mass is 253 g/mol. The summed E-state index contributed by atoms with van der Waals surface area (Å²) < 4.78 is 6.45. The smallest absolute Gasteiger partial charge is 0.325 e. The Labute approximate surface area is 104 Å². The highest BCUT2D eigenvalue weighted by Crippen LogP contribution is 2.17. The second-order valence-corrected chi connectivity index (χ2v) is 4.20. The summed E-state index contributed by atoms with van der Waals surface area (Å²) >= 11 is 0. The van der Waals surface area contributed by atoms with Crippen molar-refractivity contribution in [3.05, 3.63) is 12.4 Å². The molecule has 0 bridgehead atoms. The first-order valence-corrected chi connectivity index (χ1v) is 5.78. The van der Waals surface area contributed by atoms with Crippen LogP contribution in [-0.4, -0.2) is 40.0 Å². The van der Waals surface area contributed by atoms with Crippen molar-refractivity contribution < 1.29 is 19.4 Å². The number of aromatic nitrogens is 2. The first-order chi connectivity index (χ1) is 8.65. The van der Waals surface area contributed by atoms with E-state index in [1.54, 1.807) is 0 Å². The molecule has 1 saturated heterocycles. The van der Waals surface area contributed by atoms with Crippen molar-refractivity contribution in [1.82, 2.24) is 9.78 Å². The number of hydrogen-bond acceptors (Lipinski definition) is 4. The summed E-state index contributed by atoms with van der Waals surface area (Å²) in [4.78, 5) is 22.4. The number of rotatable bonds is 4. The fourth-order valence-electron chi connectivity index (χ4n) is 1.86. The van der Waals surface area contributed by atoms with Gasteiger partial charge in [-0.25, -0.2) is 0 Å². The summed E-state index contributed by atoms with van der Waals surface area (Å²) in [6, 6.07) is 0. The number of amides is 1. The normalized spacial score (nSPS) is 16.4. The molecule has 1 aliphatic rings. The van der Waals surface area contributed by atoms with Gasteiger partial charge >= 0.3 is 5.97 Å². The number of nitrogens with zero attached hydrogens (tertiary/aromatic N) is 2. The fraction of sp³-hybridized carbons (Fsp3) is 0.545. The molecule has 18 heavy (non-hydrogen) atoms. The maximum atomic E-state index is 11.9. The summed E-state index contributed by atoms with van der Waals surface area (Å²) in [6.45, 7) is 1.000. The number of anilines is 1. The largest absolute Gasteiger partial charge is 0.480 e. The Morgan fingerprint density at radius 3 is 2.89 bits per heavy atom. The number of carbonyl (C=O) groups excluding carboxylic acids is 1. The number of carboxylic acids is 1. The van der Waals surface area contributed by atoms with E-state index < -0.39 is 5.97 Å². The molecule has 0 atom stereocenters. The highest BCUT2D eigenvalue weighted by atomic mass is 16.5. The van der Waals surface area contributed by atoms with Gasteiger partial charge in [0.1, 0.15) is 6.54 Å². The SMILES string of the molecule is O=C(O)Cn1cc(NC(=O)C2CCOCC2)cn1. The summed E-state index contributed by atoms with van der Waals surface area (Å²) in [5.41, 5.74) is 0.521. The van der Waals surface area contributed by atoms with Crippen LogP contribution in [0.15, 0.2) is 12.4 Å². The van der Waals surface area contributed by atoms with E-state index in [1.807, 2.05) is 0 Å². The summed E-state index contributed by atoms with van der Waals surface area (Å²) in [5.74, 6) is -1.07. The van der Waals surface area contributed by atoms with Gasteiger partial charge in [0.15, 0.2) is 0 Å². The molecule has 1 amide bonds. The number of nitrogens with one attached hydrogen (secondary N) is 1. The lowest BCUT2D eigenvalue weighted by molar-refractivity contribution is -0.137. The molecular weight excluding hydrogens is 238 g/mol. The van der Waals surface area contributed by atoms with E-state index >= 15 is 0 Å². The molecule has 2 rings (SSSR count). The lowest BCUT2D eigenvalue weighted by Crippen LogP contribution is -2.28. The maximum Gasteiger partial charge on any atom is 0.325 e. The molecule has 7 heteroatoms. The third-order valence-electron chi connectivity index (χ3n) is 2.79. The van der Waals surface area contributed by atoms with E-state index in [0.29, 0.717) is 18.9 Å². The van der Waals surface area contributed by atoms with Crippen molar-refractivity contribution in [2.24, 2.45) is 5.92 Å². The first-order valence-electron chi connectivity index (χ1n) is 5.78. The number of ether oxygens (including phenoxy) is 1. The van der Waals surface area contributed by atoms with Gasteiger partial charge in [0.2, 0.25) is 5.91 Å². The van der Waals surface area contributed by atoms with E-state index in [2.05, 4.69) is 10.4 Å². The van der Waals surface area contributed by atoms with Crippen molar-refractivity contribution >= 4 is 17.6 Å². The van der Waals surface area contributed by atoms with Gasteiger partial charge in [0.25, 0.3) is 0 Å². The Bertz CT molecular complexity index is 437. The molecular formula is C11H15N3O4. The lowest BCUT2D eigenvalue weighted by atomic mass is 9.99. The van der Waals surface area contributed by atoms with Crippen LogP contribution in [0, 0.1) is 5.92 Å². The minimum Gasteiger partial charge on any atom is -0.480 e. The molecule has 98 valence electrons. The summed E-state index contributed by atoms with van der Waals surface area (Å²) in [7, 11) is 0. The standard InChI is InChI=1S/C11H15N3O4/c15-10(16)7-14-6-9(5-12-14)13-11(17)8-1-3-18-4-2-8/h5-6,8H,1-4,7H2,(H,13,17)(H,15,16). The zero-order chi connectivity index (χ0) is 13.0. The Morgan fingerprint density at radius 2 is 2.22 bits per heavy atom. The number of carbonyl (C=O) groups is 2. The Morgan fingerprint density at radius 1 is 1.50 bits per heavy atom. The van der Waals surface area contributed by atoms with Gasteiger partial charge in [-0.15, -0.1) is 0 Å². The second kappa shape index (κ2) is 5.63. The molecule has 7 nitrogen and oxygen atoms in total. The van der Waals surface area contributed by atoms with E-state index in [-0.39, 0.29) is 18.4 Å². The predicted molar refractivity (Wildman–Crippen MR) is 62.0 cm³/mol. The summed E-state index contributed by atoms with van der Waals surface area (Å²) in [6.07, 6.45) is 4.38. The van der Waals surface area contributed by atoms with Crippen LogP contribution in [0.25, 0.3) is 0 Å². The molecule has 1 fully saturated rings.